The van der Waals surface area contributed by atoms with Crippen molar-refractivity contribution in [2.45, 2.75) is 52.1 Å². The number of aryl methyl sites for hydroxylation is 1. The van der Waals surface area contributed by atoms with Crippen molar-refractivity contribution in [2.75, 3.05) is 18.0 Å². The zero-order valence-corrected chi connectivity index (χ0v) is 13.0. The van der Waals surface area contributed by atoms with Gasteiger partial charge in [-0.3, -0.25) is 0 Å². The number of rotatable bonds is 4. The van der Waals surface area contributed by atoms with E-state index >= 15 is 0 Å². The molecule has 2 unspecified atom stereocenters. The highest BCUT2D eigenvalue weighted by atomic mass is 35.5. The van der Waals surface area contributed by atoms with Crippen LogP contribution < -0.4 is 10.2 Å². The lowest BCUT2D eigenvalue weighted by Gasteiger charge is -2.42. The van der Waals surface area contributed by atoms with Crippen LogP contribution in [0.25, 0.3) is 0 Å². The third-order valence-electron chi connectivity index (χ3n) is 4.08. The summed E-state index contributed by atoms with van der Waals surface area (Å²) < 4.78 is 0. The molecule has 0 spiro atoms. The fraction of sp³-hybridized carbons (Fsp3) is 0.625. The summed E-state index contributed by atoms with van der Waals surface area (Å²) in [5.74, 6) is 0. The van der Waals surface area contributed by atoms with Crippen LogP contribution in [0.15, 0.2) is 18.2 Å². The number of para-hydroxylation sites is 1. The largest absolute Gasteiger partial charge is 0.364 e. The summed E-state index contributed by atoms with van der Waals surface area (Å²) in [6, 6.07) is 7.33. The predicted octanol–water partition coefficient (Wildman–Crippen LogP) is 4.01. The van der Waals surface area contributed by atoms with E-state index in [0.29, 0.717) is 12.1 Å². The van der Waals surface area contributed by atoms with Crippen molar-refractivity contribution >= 4 is 17.3 Å². The van der Waals surface area contributed by atoms with Crippen molar-refractivity contribution in [2.24, 2.45) is 0 Å². The molecule has 1 saturated heterocycles. The number of piperazine rings is 1. The lowest BCUT2D eigenvalue weighted by Crippen LogP contribution is -2.56. The highest BCUT2D eigenvalue weighted by molar-refractivity contribution is 6.33. The maximum Gasteiger partial charge on any atom is 0.0642 e. The Kier molecular flexibility index (Phi) is 5.12. The lowest BCUT2D eigenvalue weighted by molar-refractivity contribution is 0.369. The topological polar surface area (TPSA) is 15.3 Å². The average molecular weight is 281 g/mol. The Morgan fingerprint density at radius 2 is 2.16 bits per heavy atom. The van der Waals surface area contributed by atoms with Gasteiger partial charge in [-0.1, -0.05) is 44.0 Å². The molecule has 3 heteroatoms. The Bertz CT molecular complexity index is 399. The van der Waals surface area contributed by atoms with Crippen LogP contribution in [0.2, 0.25) is 5.02 Å². The summed E-state index contributed by atoms with van der Waals surface area (Å²) in [5, 5.41) is 4.56. The number of nitrogens with zero attached hydrogens (tertiary/aromatic N) is 1. The van der Waals surface area contributed by atoms with Crippen LogP contribution in [0.5, 0.6) is 0 Å². The third kappa shape index (κ3) is 3.24. The molecular weight excluding hydrogens is 256 g/mol. The summed E-state index contributed by atoms with van der Waals surface area (Å²) in [7, 11) is 0. The van der Waals surface area contributed by atoms with E-state index in [4.69, 9.17) is 11.6 Å². The number of benzene rings is 1. The molecule has 106 valence electrons. The molecule has 0 aromatic heterocycles. The first kappa shape index (κ1) is 14.7. The summed E-state index contributed by atoms with van der Waals surface area (Å²) >= 11 is 6.45. The van der Waals surface area contributed by atoms with E-state index in [1.54, 1.807) is 0 Å². The standard InChI is InChI=1S/C16H25ClN2/c1-4-7-13-11-19(14(5-2)10-18-13)16-12(3)8-6-9-15(16)17/h6,8-9,13-14,18H,4-5,7,10-11H2,1-3H3. The fourth-order valence-electron chi connectivity index (χ4n) is 3.03. The molecule has 1 aromatic rings. The smallest absolute Gasteiger partial charge is 0.0642 e. The minimum atomic E-state index is 0.548. The van der Waals surface area contributed by atoms with Crippen molar-refractivity contribution < 1.29 is 0 Å². The zero-order valence-electron chi connectivity index (χ0n) is 12.2. The van der Waals surface area contributed by atoms with Crippen molar-refractivity contribution in [3.05, 3.63) is 28.8 Å². The van der Waals surface area contributed by atoms with Crippen LogP contribution in [-0.2, 0) is 0 Å². The minimum absolute atomic E-state index is 0.548. The first-order chi connectivity index (χ1) is 9.17. The van der Waals surface area contributed by atoms with Crippen LogP contribution in [0.4, 0.5) is 5.69 Å². The van der Waals surface area contributed by atoms with E-state index in [9.17, 15) is 0 Å². The van der Waals surface area contributed by atoms with Gasteiger partial charge in [0.25, 0.3) is 0 Å². The molecule has 19 heavy (non-hydrogen) atoms. The van der Waals surface area contributed by atoms with E-state index in [1.807, 2.05) is 12.1 Å². The minimum Gasteiger partial charge on any atom is -0.364 e. The molecular formula is C16H25ClN2. The molecule has 0 bridgehead atoms. The second-order valence-electron chi connectivity index (χ2n) is 5.51. The van der Waals surface area contributed by atoms with Gasteiger partial charge < -0.3 is 10.2 Å². The van der Waals surface area contributed by atoms with Gasteiger partial charge in [0.2, 0.25) is 0 Å². The van der Waals surface area contributed by atoms with Gasteiger partial charge in [0.05, 0.1) is 10.7 Å². The number of halogens is 1. The first-order valence-electron chi connectivity index (χ1n) is 7.42. The van der Waals surface area contributed by atoms with Crippen molar-refractivity contribution in [3.8, 4) is 0 Å². The molecule has 0 radical (unpaired) electrons. The van der Waals surface area contributed by atoms with E-state index < -0.39 is 0 Å². The molecule has 0 aliphatic carbocycles. The van der Waals surface area contributed by atoms with Crippen molar-refractivity contribution in [1.29, 1.82) is 0 Å². The van der Waals surface area contributed by atoms with Crippen LogP contribution in [0, 0.1) is 6.92 Å². The van der Waals surface area contributed by atoms with Crippen LogP contribution in [0.1, 0.15) is 38.7 Å². The van der Waals surface area contributed by atoms with E-state index in [0.717, 1.165) is 24.5 Å². The Morgan fingerprint density at radius 1 is 1.37 bits per heavy atom. The van der Waals surface area contributed by atoms with Gasteiger partial charge in [0, 0.05) is 25.2 Å². The molecule has 0 saturated carbocycles. The maximum atomic E-state index is 6.45. The Labute approximate surface area is 122 Å². The molecule has 2 nitrogen and oxygen atoms in total. The lowest BCUT2D eigenvalue weighted by atomic mass is 10.0. The molecule has 1 aromatic carbocycles. The van der Waals surface area contributed by atoms with E-state index in [2.05, 4.69) is 37.1 Å². The predicted molar refractivity (Wildman–Crippen MR) is 84.3 cm³/mol. The second kappa shape index (κ2) is 6.62. The van der Waals surface area contributed by atoms with Crippen LogP contribution in [0.3, 0.4) is 0 Å². The number of hydrogen-bond acceptors (Lipinski definition) is 2. The zero-order chi connectivity index (χ0) is 13.8. The molecule has 1 fully saturated rings. The van der Waals surface area contributed by atoms with Crippen molar-refractivity contribution in [1.82, 2.24) is 5.32 Å². The Morgan fingerprint density at radius 3 is 2.79 bits per heavy atom. The van der Waals surface area contributed by atoms with Gasteiger partial charge in [-0.2, -0.15) is 0 Å². The number of nitrogens with one attached hydrogen (secondary N) is 1. The highest BCUT2D eigenvalue weighted by Gasteiger charge is 2.28. The molecule has 0 amide bonds. The van der Waals surface area contributed by atoms with Crippen LogP contribution in [-0.4, -0.2) is 25.2 Å². The highest BCUT2D eigenvalue weighted by Crippen LogP contribution is 2.32. The van der Waals surface area contributed by atoms with Gasteiger partial charge in [0.15, 0.2) is 0 Å². The Balaban J connectivity index is 2.27. The van der Waals surface area contributed by atoms with E-state index in [1.165, 1.54) is 24.1 Å². The van der Waals surface area contributed by atoms with Crippen molar-refractivity contribution in [3.63, 3.8) is 0 Å². The summed E-state index contributed by atoms with van der Waals surface area (Å²) in [5.41, 5.74) is 2.52. The van der Waals surface area contributed by atoms with E-state index in [-0.39, 0.29) is 0 Å². The third-order valence-corrected chi connectivity index (χ3v) is 4.39. The molecule has 2 atom stereocenters. The molecule has 1 aliphatic rings. The number of hydrogen-bond donors (Lipinski definition) is 1. The quantitative estimate of drug-likeness (QED) is 0.897. The van der Waals surface area contributed by atoms with Gasteiger partial charge in [-0.25, -0.2) is 0 Å². The molecule has 1 N–H and O–H groups in total. The molecule has 2 rings (SSSR count). The average Bonchev–Trinajstić information content (AvgIpc) is 2.39. The molecule has 1 aliphatic heterocycles. The van der Waals surface area contributed by atoms with Crippen LogP contribution >= 0.6 is 11.6 Å². The van der Waals surface area contributed by atoms with Gasteiger partial charge in [-0.15, -0.1) is 0 Å². The first-order valence-corrected chi connectivity index (χ1v) is 7.80. The molecule has 1 heterocycles. The second-order valence-corrected chi connectivity index (χ2v) is 5.92. The van der Waals surface area contributed by atoms with Gasteiger partial charge in [0.1, 0.15) is 0 Å². The normalized spacial score (nSPS) is 23.7. The summed E-state index contributed by atoms with van der Waals surface area (Å²) in [4.78, 5) is 2.52. The fourth-order valence-corrected chi connectivity index (χ4v) is 3.36. The number of anilines is 1. The monoisotopic (exact) mass is 280 g/mol. The summed E-state index contributed by atoms with van der Waals surface area (Å²) in [6.45, 7) is 8.79. The summed E-state index contributed by atoms with van der Waals surface area (Å²) in [6.07, 6.45) is 3.61. The Hall–Kier alpha value is -0.730. The maximum absolute atomic E-state index is 6.45. The SMILES string of the molecule is CCCC1CN(c2c(C)cccc2Cl)C(CC)CN1. The van der Waals surface area contributed by atoms with Gasteiger partial charge >= 0.3 is 0 Å². The van der Waals surface area contributed by atoms with Gasteiger partial charge in [-0.05, 0) is 31.4 Å².